The van der Waals surface area contributed by atoms with Crippen molar-refractivity contribution >= 4 is 55.7 Å². The molecule has 4 nitrogen and oxygen atoms in total. The van der Waals surface area contributed by atoms with Gasteiger partial charge in [0.15, 0.2) is 0 Å². The third-order valence-electron chi connectivity index (χ3n) is 9.73. The predicted molar refractivity (Wildman–Crippen MR) is 222 cm³/mol. The van der Waals surface area contributed by atoms with E-state index in [-0.39, 0.29) is 0 Å². The number of aromatic nitrogens is 2. The van der Waals surface area contributed by atoms with Crippen molar-refractivity contribution < 1.29 is 0 Å². The number of para-hydroxylation sites is 2. The molecule has 0 fully saturated rings. The van der Waals surface area contributed by atoms with E-state index in [0.29, 0.717) is 0 Å². The first-order valence-electron chi connectivity index (χ1n) is 17.9. The van der Waals surface area contributed by atoms with E-state index < -0.39 is 0 Å². The molecule has 9 aromatic rings. The summed E-state index contributed by atoms with van der Waals surface area (Å²) < 4.78 is 0. The summed E-state index contributed by atoms with van der Waals surface area (Å²) in [5, 5.41) is 4.81. The average Bonchev–Trinajstić information content (AvgIpc) is 3.23. The van der Waals surface area contributed by atoms with Crippen molar-refractivity contribution in [3.8, 4) is 22.5 Å². The molecule has 53 heavy (non-hydrogen) atoms. The maximum absolute atomic E-state index is 5.05. The van der Waals surface area contributed by atoms with E-state index >= 15 is 0 Å². The topological polar surface area (TPSA) is 32.3 Å². The third kappa shape index (κ3) is 6.17. The standard InChI is InChI=1S/C49H36N4/c1-35-34-50-48(38-26-30-42(31-27-38)52(40-18-4-2-5-19-40)46-24-12-16-36-14-8-10-22-44(36)46)49(51-35)39-28-32-43(33-29-39)53(41-20-6-3-7-21-41)47-25-13-17-37-15-9-11-23-45(37)47/h2-34H,1H3. The first kappa shape index (κ1) is 31.9. The minimum Gasteiger partial charge on any atom is -0.310 e. The fourth-order valence-corrected chi connectivity index (χ4v) is 7.24. The Balaban J connectivity index is 1.10. The van der Waals surface area contributed by atoms with E-state index in [1.54, 1.807) is 0 Å². The number of nitrogens with zero attached hydrogens (tertiary/aromatic N) is 4. The van der Waals surface area contributed by atoms with Gasteiger partial charge < -0.3 is 9.80 Å². The molecule has 0 aliphatic heterocycles. The second-order valence-corrected chi connectivity index (χ2v) is 13.1. The van der Waals surface area contributed by atoms with Crippen LogP contribution < -0.4 is 9.80 Å². The number of hydrogen-bond acceptors (Lipinski definition) is 4. The van der Waals surface area contributed by atoms with Crippen LogP contribution in [0.25, 0.3) is 44.1 Å². The molecule has 0 unspecified atom stereocenters. The smallest absolute Gasteiger partial charge is 0.0968 e. The molecule has 0 aliphatic rings. The highest BCUT2D eigenvalue weighted by Gasteiger charge is 2.19. The Labute approximate surface area is 309 Å². The van der Waals surface area contributed by atoms with Crippen LogP contribution in [0.2, 0.25) is 0 Å². The van der Waals surface area contributed by atoms with Gasteiger partial charge in [0, 0.05) is 50.8 Å². The molecule has 0 radical (unpaired) electrons. The van der Waals surface area contributed by atoms with Gasteiger partial charge in [-0.2, -0.15) is 0 Å². The molecule has 0 saturated carbocycles. The molecule has 252 valence electrons. The monoisotopic (exact) mass is 680 g/mol. The van der Waals surface area contributed by atoms with E-state index in [9.17, 15) is 0 Å². The molecule has 1 aromatic heterocycles. The van der Waals surface area contributed by atoms with Crippen molar-refractivity contribution in [1.29, 1.82) is 0 Å². The molecule has 9 rings (SSSR count). The van der Waals surface area contributed by atoms with Crippen molar-refractivity contribution in [1.82, 2.24) is 9.97 Å². The molecule has 0 spiro atoms. The highest BCUT2D eigenvalue weighted by Crippen LogP contribution is 2.42. The number of benzene rings is 8. The van der Waals surface area contributed by atoms with Crippen molar-refractivity contribution in [2.45, 2.75) is 6.92 Å². The van der Waals surface area contributed by atoms with Crippen molar-refractivity contribution in [3.63, 3.8) is 0 Å². The van der Waals surface area contributed by atoms with E-state index in [1.165, 1.54) is 21.5 Å². The quantitative estimate of drug-likeness (QED) is 0.160. The van der Waals surface area contributed by atoms with Gasteiger partial charge in [-0.1, -0.05) is 133 Å². The maximum atomic E-state index is 5.05. The van der Waals surface area contributed by atoms with E-state index in [2.05, 4.69) is 204 Å². The second kappa shape index (κ2) is 13.9. The zero-order chi connectivity index (χ0) is 35.6. The molecular weight excluding hydrogens is 645 g/mol. The molecule has 0 bridgehead atoms. The molecular formula is C49H36N4. The second-order valence-electron chi connectivity index (χ2n) is 13.1. The van der Waals surface area contributed by atoms with Crippen molar-refractivity contribution in [3.05, 3.63) is 206 Å². The lowest BCUT2D eigenvalue weighted by Gasteiger charge is -2.27. The van der Waals surface area contributed by atoms with Crippen LogP contribution in [0, 0.1) is 6.92 Å². The zero-order valence-electron chi connectivity index (χ0n) is 29.3. The van der Waals surface area contributed by atoms with Crippen LogP contribution in [0.3, 0.4) is 0 Å². The average molecular weight is 681 g/mol. The molecule has 0 saturated heterocycles. The summed E-state index contributed by atoms with van der Waals surface area (Å²) in [4.78, 5) is 14.7. The largest absolute Gasteiger partial charge is 0.310 e. The Morgan fingerprint density at radius 1 is 0.358 bits per heavy atom. The Bertz CT molecular complexity index is 2660. The Kier molecular flexibility index (Phi) is 8.39. The van der Waals surface area contributed by atoms with Crippen LogP contribution in [0.5, 0.6) is 0 Å². The Hall–Kier alpha value is -7.04. The molecule has 0 amide bonds. The van der Waals surface area contributed by atoms with Crippen LogP contribution in [-0.2, 0) is 0 Å². The summed E-state index contributed by atoms with van der Waals surface area (Å²) in [5.74, 6) is 0. The van der Waals surface area contributed by atoms with Gasteiger partial charge in [0.05, 0.1) is 28.5 Å². The van der Waals surface area contributed by atoms with Crippen LogP contribution in [0.1, 0.15) is 5.69 Å². The van der Waals surface area contributed by atoms with Crippen molar-refractivity contribution in [2.75, 3.05) is 9.80 Å². The van der Waals surface area contributed by atoms with Crippen LogP contribution >= 0.6 is 0 Å². The molecule has 0 atom stereocenters. The highest BCUT2D eigenvalue weighted by molar-refractivity contribution is 6.00. The summed E-state index contributed by atoms with van der Waals surface area (Å²) in [6.07, 6.45) is 1.85. The van der Waals surface area contributed by atoms with Crippen molar-refractivity contribution in [2.24, 2.45) is 0 Å². The number of rotatable bonds is 8. The lowest BCUT2D eigenvalue weighted by Crippen LogP contribution is -2.10. The lowest BCUT2D eigenvalue weighted by molar-refractivity contribution is 1.13. The summed E-state index contributed by atoms with van der Waals surface area (Å²) in [6, 6.07) is 68.5. The molecule has 4 heteroatoms. The fraction of sp³-hybridized carbons (Fsp3) is 0.0204. The van der Waals surface area contributed by atoms with E-state index in [4.69, 9.17) is 9.97 Å². The predicted octanol–water partition coefficient (Wildman–Crippen LogP) is 13.4. The van der Waals surface area contributed by atoms with Gasteiger partial charge in [0.25, 0.3) is 0 Å². The lowest BCUT2D eigenvalue weighted by atomic mass is 10.0. The Morgan fingerprint density at radius 3 is 1.25 bits per heavy atom. The molecule has 0 N–H and O–H groups in total. The van der Waals surface area contributed by atoms with Gasteiger partial charge in [-0.05, 0) is 78.4 Å². The molecule has 1 heterocycles. The minimum atomic E-state index is 0.847. The fourth-order valence-electron chi connectivity index (χ4n) is 7.24. The van der Waals surface area contributed by atoms with E-state index in [1.807, 2.05) is 13.1 Å². The normalized spacial score (nSPS) is 11.1. The molecule has 8 aromatic carbocycles. The first-order chi connectivity index (χ1) is 26.2. The zero-order valence-corrected chi connectivity index (χ0v) is 29.3. The summed E-state index contributed by atoms with van der Waals surface area (Å²) >= 11 is 0. The van der Waals surface area contributed by atoms with Gasteiger partial charge in [-0.15, -0.1) is 0 Å². The number of hydrogen-bond donors (Lipinski definition) is 0. The first-order valence-corrected chi connectivity index (χ1v) is 17.9. The third-order valence-corrected chi connectivity index (χ3v) is 9.73. The van der Waals surface area contributed by atoms with Crippen LogP contribution in [0.4, 0.5) is 34.1 Å². The summed E-state index contributed by atoms with van der Waals surface area (Å²) in [7, 11) is 0. The number of anilines is 6. The van der Waals surface area contributed by atoms with Gasteiger partial charge >= 0.3 is 0 Å². The van der Waals surface area contributed by atoms with E-state index in [0.717, 1.165) is 62.3 Å². The summed E-state index contributed by atoms with van der Waals surface area (Å²) in [5.41, 5.74) is 11.2. The molecule has 0 aliphatic carbocycles. The van der Waals surface area contributed by atoms with Gasteiger partial charge in [0.2, 0.25) is 0 Å². The highest BCUT2D eigenvalue weighted by atomic mass is 15.1. The van der Waals surface area contributed by atoms with Gasteiger partial charge in [-0.25, -0.2) is 4.98 Å². The van der Waals surface area contributed by atoms with Gasteiger partial charge in [0.1, 0.15) is 0 Å². The SMILES string of the molecule is Cc1cnc(-c2ccc(N(c3ccccc3)c3cccc4ccccc34)cc2)c(-c2ccc(N(c3ccccc3)c3cccc4ccccc34)cc2)n1. The number of fused-ring (bicyclic) bond motifs is 2. The van der Waals surface area contributed by atoms with Crippen LogP contribution in [0.15, 0.2) is 200 Å². The Morgan fingerprint density at radius 2 is 0.755 bits per heavy atom. The summed E-state index contributed by atoms with van der Waals surface area (Å²) in [6.45, 7) is 2.00. The van der Waals surface area contributed by atoms with Gasteiger partial charge in [-0.3, -0.25) is 4.98 Å². The van der Waals surface area contributed by atoms with Crippen LogP contribution in [-0.4, -0.2) is 9.97 Å². The maximum Gasteiger partial charge on any atom is 0.0968 e. The number of aryl methyl sites for hydroxylation is 1. The minimum absolute atomic E-state index is 0.847.